The largest absolute Gasteiger partial charge is 0.461 e. The average molecular weight is 324 g/mol. The van der Waals surface area contributed by atoms with Crippen molar-refractivity contribution in [1.29, 1.82) is 0 Å². The minimum absolute atomic E-state index is 0.0552. The number of ether oxygens (including phenoxy) is 1. The number of halogens is 1. The summed E-state index contributed by atoms with van der Waals surface area (Å²) in [4.78, 5) is 11.3. The molecule has 0 spiro atoms. The number of rotatable bonds is 3. The van der Waals surface area contributed by atoms with Crippen LogP contribution in [0.2, 0.25) is 0 Å². The van der Waals surface area contributed by atoms with Crippen molar-refractivity contribution in [1.82, 2.24) is 0 Å². The van der Waals surface area contributed by atoms with Gasteiger partial charge < -0.3 is 4.74 Å². The van der Waals surface area contributed by atoms with E-state index in [1.54, 1.807) is 0 Å². The van der Waals surface area contributed by atoms with Gasteiger partial charge in [-0.2, -0.15) is 0 Å². The first-order valence-corrected chi connectivity index (χ1v) is 7.32. The highest BCUT2D eigenvalue weighted by molar-refractivity contribution is 14.1. The summed E-state index contributed by atoms with van der Waals surface area (Å²) >= 11 is 2.06. The number of carbonyl (C=O) groups is 1. The van der Waals surface area contributed by atoms with Crippen LogP contribution in [0.1, 0.15) is 40.0 Å². The van der Waals surface area contributed by atoms with Crippen LogP contribution < -0.4 is 0 Å². The number of carbonyl (C=O) groups excluding carboxylic acids is 1. The Morgan fingerprint density at radius 1 is 1.47 bits per heavy atom. The zero-order valence-corrected chi connectivity index (χ0v) is 12.0. The zero-order valence-electron chi connectivity index (χ0n) is 9.83. The SMILES string of the molecule is CC1CCC(C(C)C)C(OC(=O)CI)C1. The van der Waals surface area contributed by atoms with E-state index >= 15 is 0 Å². The molecule has 3 atom stereocenters. The highest BCUT2D eigenvalue weighted by atomic mass is 127. The third-order valence-corrected chi connectivity index (χ3v) is 3.98. The summed E-state index contributed by atoms with van der Waals surface area (Å²) in [5.41, 5.74) is 0. The topological polar surface area (TPSA) is 26.3 Å². The molecule has 1 saturated carbocycles. The Bertz CT molecular complexity index is 216. The van der Waals surface area contributed by atoms with Crippen molar-refractivity contribution in [3.8, 4) is 0 Å². The average Bonchev–Trinajstić information content (AvgIpc) is 2.17. The lowest BCUT2D eigenvalue weighted by molar-refractivity contribution is -0.152. The molecule has 0 heterocycles. The maximum absolute atomic E-state index is 11.3. The molecule has 3 unspecified atom stereocenters. The van der Waals surface area contributed by atoms with Gasteiger partial charge in [-0.05, 0) is 30.6 Å². The van der Waals surface area contributed by atoms with Gasteiger partial charge >= 0.3 is 5.97 Å². The zero-order chi connectivity index (χ0) is 11.4. The van der Waals surface area contributed by atoms with E-state index in [1.807, 2.05) is 0 Å². The van der Waals surface area contributed by atoms with Crippen LogP contribution >= 0.6 is 22.6 Å². The van der Waals surface area contributed by atoms with Crippen LogP contribution in [0.15, 0.2) is 0 Å². The molecule has 1 fully saturated rings. The molecule has 0 aliphatic heterocycles. The molecular formula is C12H21IO2. The van der Waals surface area contributed by atoms with Gasteiger partial charge in [0.25, 0.3) is 0 Å². The molecule has 2 nitrogen and oxygen atoms in total. The van der Waals surface area contributed by atoms with Gasteiger partial charge in [0.2, 0.25) is 0 Å². The first kappa shape index (κ1) is 13.3. The summed E-state index contributed by atoms with van der Waals surface area (Å²) in [7, 11) is 0. The lowest BCUT2D eigenvalue weighted by atomic mass is 9.75. The van der Waals surface area contributed by atoms with Crippen molar-refractivity contribution in [2.75, 3.05) is 4.43 Å². The normalized spacial score (nSPS) is 31.7. The molecule has 0 aromatic heterocycles. The Balaban J connectivity index is 2.57. The van der Waals surface area contributed by atoms with E-state index in [0.717, 1.165) is 6.42 Å². The second-order valence-electron chi connectivity index (χ2n) is 4.99. The maximum atomic E-state index is 11.3. The molecule has 1 aliphatic carbocycles. The molecule has 3 heteroatoms. The molecular weight excluding hydrogens is 303 g/mol. The van der Waals surface area contributed by atoms with Crippen molar-refractivity contribution in [2.24, 2.45) is 17.8 Å². The van der Waals surface area contributed by atoms with E-state index in [4.69, 9.17) is 4.74 Å². The molecule has 0 amide bonds. The maximum Gasteiger partial charge on any atom is 0.316 e. The van der Waals surface area contributed by atoms with Crippen molar-refractivity contribution in [3.05, 3.63) is 0 Å². The molecule has 0 bridgehead atoms. The summed E-state index contributed by atoms with van der Waals surface area (Å²) in [5.74, 6) is 1.82. The molecule has 0 radical (unpaired) electrons. The molecule has 0 aromatic carbocycles. The Morgan fingerprint density at radius 3 is 2.67 bits per heavy atom. The summed E-state index contributed by atoms with van der Waals surface area (Å²) in [5, 5.41) is 0. The van der Waals surface area contributed by atoms with E-state index in [2.05, 4.69) is 43.4 Å². The molecule has 0 aromatic rings. The molecule has 1 aliphatic rings. The van der Waals surface area contributed by atoms with E-state index in [0.29, 0.717) is 22.2 Å². The third-order valence-electron chi connectivity index (χ3n) is 3.35. The van der Waals surface area contributed by atoms with E-state index in [9.17, 15) is 4.79 Å². The smallest absolute Gasteiger partial charge is 0.316 e. The minimum Gasteiger partial charge on any atom is -0.461 e. The standard InChI is InChI=1S/C12H21IO2/c1-8(2)10-5-4-9(3)6-11(10)15-12(14)7-13/h8-11H,4-7H2,1-3H3. The van der Waals surface area contributed by atoms with Crippen molar-refractivity contribution < 1.29 is 9.53 Å². The van der Waals surface area contributed by atoms with E-state index < -0.39 is 0 Å². The second-order valence-corrected chi connectivity index (χ2v) is 5.75. The third kappa shape index (κ3) is 3.93. The van der Waals surface area contributed by atoms with Crippen LogP contribution in [-0.2, 0) is 9.53 Å². The molecule has 0 N–H and O–H groups in total. The van der Waals surface area contributed by atoms with Gasteiger partial charge in [0.05, 0.1) is 4.43 Å². The van der Waals surface area contributed by atoms with Gasteiger partial charge in [-0.25, -0.2) is 0 Å². The first-order chi connectivity index (χ1) is 7.04. The van der Waals surface area contributed by atoms with Crippen LogP contribution in [0.3, 0.4) is 0 Å². The van der Waals surface area contributed by atoms with Gasteiger partial charge in [0.15, 0.2) is 0 Å². The highest BCUT2D eigenvalue weighted by Crippen LogP contribution is 2.35. The molecule has 15 heavy (non-hydrogen) atoms. The van der Waals surface area contributed by atoms with Gasteiger partial charge in [-0.1, -0.05) is 49.8 Å². The number of esters is 1. The van der Waals surface area contributed by atoms with Gasteiger partial charge in [0.1, 0.15) is 6.10 Å². The quantitative estimate of drug-likeness (QED) is 0.452. The fourth-order valence-corrected chi connectivity index (χ4v) is 2.63. The van der Waals surface area contributed by atoms with Crippen molar-refractivity contribution in [3.63, 3.8) is 0 Å². The van der Waals surface area contributed by atoms with Crippen LogP contribution in [0.25, 0.3) is 0 Å². The fourth-order valence-electron chi connectivity index (χ4n) is 2.45. The Labute approximate surface area is 106 Å². The minimum atomic E-state index is -0.0552. The van der Waals surface area contributed by atoms with Crippen LogP contribution in [0.5, 0.6) is 0 Å². The first-order valence-electron chi connectivity index (χ1n) is 5.80. The summed E-state index contributed by atoms with van der Waals surface area (Å²) in [6, 6.07) is 0. The predicted molar refractivity (Wildman–Crippen MR) is 70.1 cm³/mol. The van der Waals surface area contributed by atoms with Crippen molar-refractivity contribution >= 4 is 28.6 Å². The molecule has 1 rings (SSSR count). The van der Waals surface area contributed by atoms with Crippen LogP contribution in [0, 0.1) is 17.8 Å². The summed E-state index contributed by atoms with van der Waals surface area (Å²) < 4.78 is 6.00. The Hall–Kier alpha value is 0.200. The summed E-state index contributed by atoms with van der Waals surface area (Å²) in [6.07, 6.45) is 3.70. The van der Waals surface area contributed by atoms with Gasteiger partial charge in [-0.3, -0.25) is 4.79 Å². The fraction of sp³-hybridized carbons (Fsp3) is 0.917. The lowest BCUT2D eigenvalue weighted by Gasteiger charge is -2.36. The number of hydrogen-bond acceptors (Lipinski definition) is 2. The highest BCUT2D eigenvalue weighted by Gasteiger charge is 2.32. The number of hydrogen-bond donors (Lipinski definition) is 0. The Kier molecular flexibility index (Phi) is 5.36. The summed E-state index contributed by atoms with van der Waals surface area (Å²) in [6.45, 7) is 6.71. The second kappa shape index (κ2) is 6.06. The van der Waals surface area contributed by atoms with Crippen molar-refractivity contribution in [2.45, 2.75) is 46.1 Å². The monoisotopic (exact) mass is 324 g/mol. The van der Waals surface area contributed by atoms with E-state index in [-0.39, 0.29) is 12.1 Å². The predicted octanol–water partition coefficient (Wildman–Crippen LogP) is 3.43. The van der Waals surface area contributed by atoms with Gasteiger partial charge in [-0.15, -0.1) is 0 Å². The molecule has 88 valence electrons. The lowest BCUT2D eigenvalue weighted by Crippen LogP contribution is -2.36. The number of alkyl halides is 1. The van der Waals surface area contributed by atoms with Crippen LogP contribution in [-0.4, -0.2) is 16.5 Å². The Morgan fingerprint density at radius 2 is 2.13 bits per heavy atom. The van der Waals surface area contributed by atoms with Crippen LogP contribution in [0.4, 0.5) is 0 Å². The van der Waals surface area contributed by atoms with E-state index in [1.165, 1.54) is 12.8 Å². The van der Waals surface area contributed by atoms with Gasteiger partial charge in [0, 0.05) is 0 Å². The molecule has 0 saturated heterocycles.